The number of benzene rings is 1. The van der Waals surface area contributed by atoms with Crippen LogP contribution >= 0.6 is 11.6 Å². The lowest BCUT2D eigenvalue weighted by Crippen LogP contribution is -2.37. The van der Waals surface area contributed by atoms with E-state index in [0.717, 1.165) is 0 Å². The van der Waals surface area contributed by atoms with Crippen molar-refractivity contribution in [1.29, 1.82) is 0 Å². The fourth-order valence-corrected chi connectivity index (χ4v) is 1.73. The molecule has 0 bridgehead atoms. The monoisotopic (exact) mass is 299 g/mol. The second-order valence-corrected chi connectivity index (χ2v) is 4.50. The van der Waals surface area contributed by atoms with Crippen molar-refractivity contribution in [3.63, 3.8) is 0 Å². The smallest absolute Gasteiger partial charge is 0.260 e. The van der Waals surface area contributed by atoms with Crippen LogP contribution in [0.15, 0.2) is 29.4 Å². The van der Waals surface area contributed by atoms with Crippen LogP contribution in [0.2, 0.25) is 5.02 Å². The van der Waals surface area contributed by atoms with Gasteiger partial charge in [-0.2, -0.15) is 0 Å². The molecule has 0 aromatic heterocycles. The summed E-state index contributed by atoms with van der Waals surface area (Å²) in [6.45, 7) is 2.68. The van der Waals surface area contributed by atoms with Crippen LogP contribution in [0.4, 0.5) is 0 Å². The highest BCUT2D eigenvalue weighted by Crippen LogP contribution is 2.17. The van der Waals surface area contributed by atoms with E-state index < -0.39 is 0 Å². The van der Waals surface area contributed by atoms with Crippen molar-refractivity contribution in [2.45, 2.75) is 13.3 Å². The number of amidine groups is 1. The first-order valence-corrected chi connectivity index (χ1v) is 6.57. The largest absolute Gasteiger partial charge is 0.484 e. The number of amides is 1. The number of rotatable bonds is 7. The van der Waals surface area contributed by atoms with Gasteiger partial charge in [-0.3, -0.25) is 4.79 Å². The van der Waals surface area contributed by atoms with Gasteiger partial charge >= 0.3 is 0 Å². The van der Waals surface area contributed by atoms with Crippen LogP contribution in [0, 0.1) is 0 Å². The summed E-state index contributed by atoms with van der Waals surface area (Å²) >= 11 is 5.82. The normalized spacial score (nSPS) is 11.2. The zero-order chi connectivity index (χ0) is 15.0. The van der Waals surface area contributed by atoms with E-state index in [0.29, 0.717) is 30.3 Å². The molecule has 6 nitrogen and oxygen atoms in total. The predicted molar refractivity (Wildman–Crippen MR) is 77.2 cm³/mol. The minimum Gasteiger partial charge on any atom is -0.484 e. The van der Waals surface area contributed by atoms with Gasteiger partial charge in [-0.25, -0.2) is 0 Å². The second kappa shape index (κ2) is 8.27. The predicted octanol–water partition coefficient (Wildman–Crippen LogP) is 1.70. The third-order valence-electron chi connectivity index (χ3n) is 2.66. The maximum Gasteiger partial charge on any atom is 0.260 e. The Morgan fingerprint density at radius 2 is 2.30 bits per heavy atom. The zero-order valence-corrected chi connectivity index (χ0v) is 12.0. The van der Waals surface area contributed by atoms with E-state index in [1.165, 1.54) is 0 Å². The number of carbonyl (C=O) groups is 1. The number of nitrogens with zero attached hydrogens (tertiary/aromatic N) is 2. The van der Waals surface area contributed by atoms with Crippen molar-refractivity contribution in [3.05, 3.63) is 29.3 Å². The average molecular weight is 300 g/mol. The summed E-state index contributed by atoms with van der Waals surface area (Å²) in [6.07, 6.45) is 0.313. The number of hydrogen-bond donors (Lipinski definition) is 2. The van der Waals surface area contributed by atoms with Gasteiger partial charge in [0.25, 0.3) is 5.91 Å². The molecule has 0 aliphatic heterocycles. The summed E-state index contributed by atoms with van der Waals surface area (Å²) in [5, 5.41) is 11.9. The van der Waals surface area contributed by atoms with Gasteiger partial charge in [-0.15, -0.1) is 0 Å². The Morgan fingerprint density at radius 1 is 1.55 bits per heavy atom. The third kappa shape index (κ3) is 5.36. The maximum absolute atomic E-state index is 12.0. The topological polar surface area (TPSA) is 88.1 Å². The number of nitrogens with two attached hydrogens (primary N) is 1. The molecule has 20 heavy (non-hydrogen) atoms. The van der Waals surface area contributed by atoms with Gasteiger partial charge in [0.2, 0.25) is 0 Å². The highest BCUT2D eigenvalue weighted by molar-refractivity contribution is 6.30. The Morgan fingerprint density at radius 3 is 2.90 bits per heavy atom. The van der Waals surface area contributed by atoms with E-state index in [2.05, 4.69) is 5.16 Å². The number of hydrogen-bond acceptors (Lipinski definition) is 4. The number of ether oxygens (including phenoxy) is 1. The molecular formula is C13H18ClN3O3. The van der Waals surface area contributed by atoms with E-state index in [4.69, 9.17) is 27.3 Å². The number of oxime groups is 1. The van der Waals surface area contributed by atoms with Gasteiger partial charge in [0.15, 0.2) is 6.61 Å². The molecule has 0 radical (unpaired) electrons. The molecule has 7 heteroatoms. The number of likely N-dealkylation sites (N-methyl/N-ethyl adjacent to an activating group) is 1. The van der Waals surface area contributed by atoms with E-state index in [1.54, 1.807) is 29.2 Å². The van der Waals surface area contributed by atoms with Crippen LogP contribution in [0.5, 0.6) is 5.75 Å². The molecule has 0 saturated heterocycles. The Balaban J connectivity index is 2.47. The molecule has 0 spiro atoms. The molecule has 1 amide bonds. The summed E-state index contributed by atoms with van der Waals surface area (Å²) in [4.78, 5) is 13.5. The van der Waals surface area contributed by atoms with Crippen LogP contribution in [0.1, 0.15) is 13.3 Å². The average Bonchev–Trinajstić information content (AvgIpc) is 2.45. The van der Waals surface area contributed by atoms with Crippen LogP contribution < -0.4 is 10.5 Å². The summed E-state index contributed by atoms with van der Waals surface area (Å²) < 4.78 is 5.38. The lowest BCUT2D eigenvalue weighted by molar-refractivity contribution is -0.133. The first kappa shape index (κ1) is 16.1. The SMILES string of the molecule is CCN(CCC(N)=NO)C(=O)COc1cccc(Cl)c1. The van der Waals surface area contributed by atoms with Crippen molar-refractivity contribution in [1.82, 2.24) is 4.90 Å². The molecular weight excluding hydrogens is 282 g/mol. The van der Waals surface area contributed by atoms with E-state index in [1.807, 2.05) is 6.92 Å². The van der Waals surface area contributed by atoms with Crippen LogP contribution in [-0.4, -0.2) is 41.5 Å². The summed E-state index contributed by atoms with van der Waals surface area (Å²) in [5.41, 5.74) is 5.37. The highest BCUT2D eigenvalue weighted by atomic mass is 35.5. The van der Waals surface area contributed by atoms with Crippen LogP contribution in [0.3, 0.4) is 0 Å². The Bertz CT molecular complexity index is 480. The summed E-state index contributed by atoms with van der Waals surface area (Å²) in [7, 11) is 0. The molecule has 3 N–H and O–H groups in total. The molecule has 0 atom stereocenters. The van der Waals surface area contributed by atoms with Crippen molar-refractivity contribution in [2.24, 2.45) is 10.9 Å². The standard InChI is InChI=1S/C13H18ClN3O3/c1-2-17(7-6-12(15)16-19)13(18)9-20-11-5-3-4-10(14)8-11/h3-5,8,19H,2,6-7,9H2,1H3,(H2,15,16). The third-order valence-corrected chi connectivity index (χ3v) is 2.89. The molecule has 1 rings (SSSR count). The molecule has 0 heterocycles. The van der Waals surface area contributed by atoms with Gasteiger partial charge in [-0.1, -0.05) is 22.8 Å². The Kier molecular flexibility index (Phi) is 6.66. The van der Waals surface area contributed by atoms with E-state index in [9.17, 15) is 4.79 Å². The van der Waals surface area contributed by atoms with Gasteiger partial charge in [-0.05, 0) is 25.1 Å². The first-order chi connectivity index (χ1) is 9.56. The highest BCUT2D eigenvalue weighted by Gasteiger charge is 2.13. The molecule has 0 fully saturated rings. The molecule has 0 aliphatic carbocycles. The number of halogens is 1. The minimum atomic E-state index is -0.168. The number of carbonyl (C=O) groups excluding carboxylic acids is 1. The lowest BCUT2D eigenvalue weighted by Gasteiger charge is -2.20. The molecule has 1 aromatic rings. The molecule has 110 valence electrons. The van der Waals surface area contributed by atoms with Gasteiger partial charge in [0, 0.05) is 24.5 Å². The quantitative estimate of drug-likeness (QED) is 0.347. The molecule has 0 unspecified atom stereocenters. The summed E-state index contributed by atoms with van der Waals surface area (Å²) in [5.74, 6) is 0.462. The van der Waals surface area contributed by atoms with Crippen LogP contribution in [-0.2, 0) is 4.79 Å². The van der Waals surface area contributed by atoms with Gasteiger partial charge in [0.05, 0.1) is 0 Å². The summed E-state index contributed by atoms with van der Waals surface area (Å²) in [6, 6.07) is 6.84. The van der Waals surface area contributed by atoms with Crippen molar-refractivity contribution >= 4 is 23.3 Å². The molecule has 0 aliphatic rings. The van der Waals surface area contributed by atoms with Gasteiger partial charge < -0.3 is 20.6 Å². The zero-order valence-electron chi connectivity index (χ0n) is 11.3. The van der Waals surface area contributed by atoms with Crippen LogP contribution in [0.25, 0.3) is 0 Å². The van der Waals surface area contributed by atoms with Crippen molar-refractivity contribution in [2.75, 3.05) is 19.7 Å². The van der Waals surface area contributed by atoms with E-state index >= 15 is 0 Å². The fourth-order valence-electron chi connectivity index (χ4n) is 1.55. The maximum atomic E-state index is 12.0. The van der Waals surface area contributed by atoms with Gasteiger partial charge in [0.1, 0.15) is 11.6 Å². The first-order valence-electron chi connectivity index (χ1n) is 6.19. The fraction of sp³-hybridized carbons (Fsp3) is 0.385. The Labute approximate surface area is 122 Å². The van der Waals surface area contributed by atoms with E-state index in [-0.39, 0.29) is 18.3 Å². The lowest BCUT2D eigenvalue weighted by atomic mass is 10.3. The van der Waals surface area contributed by atoms with Crippen molar-refractivity contribution < 1.29 is 14.7 Å². The second-order valence-electron chi connectivity index (χ2n) is 4.06. The molecule has 0 saturated carbocycles. The minimum absolute atomic E-state index is 0.0790. The van der Waals surface area contributed by atoms with Crippen molar-refractivity contribution in [3.8, 4) is 5.75 Å². The Hall–Kier alpha value is -1.95. The molecule has 1 aromatic carbocycles.